The fourth-order valence-corrected chi connectivity index (χ4v) is 3.37. The molecule has 1 aliphatic rings. The number of nitrogens with zero attached hydrogens (tertiary/aromatic N) is 2. The van der Waals surface area contributed by atoms with Gasteiger partial charge in [0.2, 0.25) is 0 Å². The average molecular weight is 282 g/mol. The van der Waals surface area contributed by atoms with Gasteiger partial charge in [0.15, 0.2) is 0 Å². The molecule has 1 aromatic heterocycles. The van der Waals surface area contributed by atoms with Crippen molar-refractivity contribution in [3.63, 3.8) is 0 Å². The molecule has 20 heavy (non-hydrogen) atoms. The molecule has 1 aliphatic heterocycles. The van der Waals surface area contributed by atoms with Crippen molar-refractivity contribution in [2.75, 3.05) is 5.75 Å². The van der Waals surface area contributed by atoms with Crippen LogP contribution in [-0.2, 0) is 6.42 Å². The Hall–Kier alpha value is -1.61. The number of hydrogen-bond donors (Lipinski definition) is 0. The zero-order valence-electron chi connectivity index (χ0n) is 11.8. The van der Waals surface area contributed by atoms with Gasteiger partial charge in [-0.25, -0.2) is 0 Å². The van der Waals surface area contributed by atoms with E-state index in [-0.39, 0.29) is 6.04 Å². The first-order valence-electron chi connectivity index (χ1n) is 6.99. The van der Waals surface area contributed by atoms with E-state index >= 15 is 0 Å². The highest BCUT2D eigenvalue weighted by Crippen LogP contribution is 2.31. The monoisotopic (exact) mass is 282 g/mol. The normalized spacial score (nSPS) is 18.1. The van der Waals surface area contributed by atoms with E-state index in [9.17, 15) is 0 Å². The second-order valence-electron chi connectivity index (χ2n) is 4.96. The van der Waals surface area contributed by atoms with E-state index in [0.717, 1.165) is 17.9 Å². The quantitative estimate of drug-likeness (QED) is 0.827. The van der Waals surface area contributed by atoms with Gasteiger partial charge in [-0.3, -0.25) is 9.98 Å². The molecule has 0 amide bonds. The van der Waals surface area contributed by atoms with Gasteiger partial charge in [-0.05, 0) is 30.5 Å². The highest BCUT2D eigenvalue weighted by atomic mass is 32.2. The van der Waals surface area contributed by atoms with Crippen LogP contribution in [-0.4, -0.2) is 15.8 Å². The summed E-state index contributed by atoms with van der Waals surface area (Å²) >= 11 is 1.83. The van der Waals surface area contributed by atoms with Crippen molar-refractivity contribution in [3.8, 4) is 11.3 Å². The van der Waals surface area contributed by atoms with Crippen molar-refractivity contribution >= 4 is 16.8 Å². The van der Waals surface area contributed by atoms with E-state index < -0.39 is 0 Å². The molecular formula is C17H18N2S. The molecular weight excluding hydrogens is 264 g/mol. The number of benzene rings is 1. The minimum atomic E-state index is 0.281. The van der Waals surface area contributed by atoms with Crippen LogP contribution in [0.25, 0.3) is 11.3 Å². The Morgan fingerprint density at radius 2 is 2.05 bits per heavy atom. The predicted octanol–water partition coefficient (Wildman–Crippen LogP) is 4.52. The Labute approximate surface area is 124 Å². The fraction of sp³-hybridized carbons (Fsp3) is 0.294. The summed E-state index contributed by atoms with van der Waals surface area (Å²) in [6, 6.07) is 13.1. The van der Waals surface area contributed by atoms with Crippen molar-refractivity contribution in [1.82, 2.24) is 4.98 Å². The molecule has 3 heteroatoms. The molecule has 0 spiro atoms. The van der Waals surface area contributed by atoms with E-state index in [4.69, 9.17) is 0 Å². The van der Waals surface area contributed by atoms with Crippen LogP contribution in [0.5, 0.6) is 0 Å². The second-order valence-corrected chi connectivity index (χ2v) is 6.18. The van der Waals surface area contributed by atoms with Crippen LogP contribution in [0, 0.1) is 0 Å². The number of hydrogen-bond acceptors (Lipinski definition) is 3. The van der Waals surface area contributed by atoms with Gasteiger partial charge in [0.25, 0.3) is 0 Å². The predicted molar refractivity (Wildman–Crippen MR) is 87.4 cm³/mol. The summed E-state index contributed by atoms with van der Waals surface area (Å²) in [4.78, 5) is 9.28. The summed E-state index contributed by atoms with van der Waals surface area (Å²) in [5, 5.41) is 1.18. The lowest BCUT2D eigenvalue weighted by Crippen LogP contribution is -1.96. The summed E-state index contributed by atoms with van der Waals surface area (Å²) in [6.07, 6.45) is 3.01. The van der Waals surface area contributed by atoms with Gasteiger partial charge in [0.1, 0.15) is 0 Å². The zero-order chi connectivity index (χ0) is 13.9. The third-order valence-corrected chi connectivity index (χ3v) is 4.64. The van der Waals surface area contributed by atoms with Gasteiger partial charge in [0, 0.05) is 17.5 Å². The summed E-state index contributed by atoms with van der Waals surface area (Å²) in [5.74, 6) is 1.04. The SMILES string of the molecule is CCc1ccccc1-c1ccc(C2CSC(C)=N2)cn1. The van der Waals surface area contributed by atoms with Crippen molar-refractivity contribution in [2.45, 2.75) is 26.3 Å². The first-order valence-corrected chi connectivity index (χ1v) is 7.98. The first kappa shape index (κ1) is 13.4. The minimum Gasteiger partial charge on any atom is -0.274 e. The largest absolute Gasteiger partial charge is 0.274 e. The molecule has 0 saturated heterocycles. The number of rotatable bonds is 3. The standard InChI is InChI=1S/C17H18N2S/c1-3-13-6-4-5-7-15(13)16-9-8-14(10-18-16)17-11-20-12(2)19-17/h4-10,17H,3,11H2,1-2H3. The van der Waals surface area contributed by atoms with Gasteiger partial charge in [-0.15, -0.1) is 11.8 Å². The van der Waals surface area contributed by atoms with Gasteiger partial charge >= 0.3 is 0 Å². The number of pyridine rings is 1. The third-order valence-electron chi connectivity index (χ3n) is 3.63. The molecule has 2 aromatic rings. The molecule has 2 heterocycles. The molecule has 2 nitrogen and oxygen atoms in total. The van der Waals surface area contributed by atoms with Crippen LogP contribution < -0.4 is 0 Å². The summed E-state index contributed by atoms with van der Waals surface area (Å²) < 4.78 is 0. The molecule has 0 saturated carbocycles. The lowest BCUT2D eigenvalue weighted by Gasteiger charge is -2.09. The number of thioether (sulfide) groups is 1. The van der Waals surface area contributed by atoms with Crippen LogP contribution >= 0.6 is 11.8 Å². The van der Waals surface area contributed by atoms with Gasteiger partial charge in [-0.1, -0.05) is 37.3 Å². The molecule has 0 N–H and O–H groups in total. The van der Waals surface area contributed by atoms with E-state index in [2.05, 4.69) is 60.2 Å². The third kappa shape index (κ3) is 2.63. The topological polar surface area (TPSA) is 25.2 Å². The Balaban J connectivity index is 1.90. The van der Waals surface area contributed by atoms with E-state index in [0.29, 0.717) is 0 Å². The van der Waals surface area contributed by atoms with Gasteiger partial charge in [0.05, 0.1) is 16.8 Å². The van der Waals surface area contributed by atoms with Gasteiger partial charge < -0.3 is 0 Å². The van der Waals surface area contributed by atoms with Crippen LogP contribution in [0.4, 0.5) is 0 Å². The number of aromatic nitrogens is 1. The minimum absolute atomic E-state index is 0.281. The summed E-state index contributed by atoms with van der Waals surface area (Å²) in [6.45, 7) is 4.25. The molecule has 1 unspecified atom stereocenters. The van der Waals surface area contributed by atoms with Crippen molar-refractivity contribution in [3.05, 3.63) is 53.7 Å². The highest BCUT2D eigenvalue weighted by molar-refractivity contribution is 8.14. The van der Waals surface area contributed by atoms with Crippen LogP contribution in [0.3, 0.4) is 0 Å². The van der Waals surface area contributed by atoms with Crippen LogP contribution in [0.2, 0.25) is 0 Å². The van der Waals surface area contributed by atoms with Crippen molar-refractivity contribution < 1.29 is 0 Å². The molecule has 3 rings (SSSR count). The Morgan fingerprint density at radius 1 is 1.20 bits per heavy atom. The molecule has 0 aliphatic carbocycles. The summed E-state index contributed by atoms with van der Waals surface area (Å²) in [7, 11) is 0. The van der Waals surface area contributed by atoms with E-state index in [1.807, 2.05) is 18.0 Å². The van der Waals surface area contributed by atoms with Crippen LogP contribution in [0.1, 0.15) is 31.0 Å². The maximum Gasteiger partial charge on any atom is 0.0867 e. The molecule has 0 radical (unpaired) electrons. The fourth-order valence-electron chi connectivity index (χ4n) is 2.50. The van der Waals surface area contributed by atoms with Crippen molar-refractivity contribution in [1.29, 1.82) is 0 Å². The number of aliphatic imine (C=N–C) groups is 1. The Kier molecular flexibility index (Phi) is 3.88. The molecule has 0 fully saturated rings. The first-order chi connectivity index (χ1) is 9.78. The van der Waals surface area contributed by atoms with Gasteiger partial charge in [-0.2, -0.15) is 0 Å². The maximum absolute atomic E-state index is 4.65. The lowest BCUT2D eigenvalue weighted by atomic mass is 10.0. The maximum atomic E-state index is 4.65. The Morgan fingerprint density at radius 3 is 2.70 bits per heavy atom. The smallest absolute Gasteiger partial charge is 0.0867 e. The van der Waals surface area contributed by atoms with E-state index in [1.165, 1.54) is 21.7 Å². The molecule has 102 valence electrons. The summed E-state index contributed by atoms with van der Waals surface area (Å²) in [5.41, 5.74) is 4.85. The highest BCUT2D eigenvalue weighted by Gasteiger charge is 2.17. The Bertz CT molecular complexity index is 632. The average Bonchev–Trinajstić information content (AvgIpc) is 2.94. The molecule has 1 aromatic carbocycles. The van der Waals surface area contributed by atoms with Crippen molar-refractivity contribution in [2.24, 2.45) is 4.99 Å². The van der Waals surface area contributed by atoms with E-state index in [1.54, 1.807) is 0 Å². The number of aryl methyl sites for hydroxylation is 1. The molecule has 1 atom stereocenters. The zero-order valence-corrected chi connectivity index (χ0v) is 12.7. The lowest BCUT2D eigenvalue weighted by molar-refractivity contribution is 0.842. The second kappa shape index (κ2) is 5.80. The van der Waals surface area contributed by atoms with Crippen LogP contribution in [0.15, 0.2) is 47.6 Å². The molecule has 0 bridgehead atoms.